The van der Waals surface area contributed by atoms with Crippen molar-refractivity contribution in [2.24, 2.45) is 5.41 Å². The van der Waals surface area contributed by atoms with E-state index in [-0.39, 0.29) is 25.5 Å². The molecule has 2 saturated heterocycles. The maximum atomic E-state index is 12.7. The molecule has 0 bridgehead atoms. The van der Waals surface area contributed by atoms with Crippen LogP contribution >= 0.6 is 22.9 Å². The molecule has 11 heteroatoms. The zero-order chi connectivity index (χ0) is 28.0. The zero-order valence-corrected chi connectivity index (χ0v) is 23.5. The third-order valence-corrected chi connectivity index (χ3v) is 9.22. The van der Waals surface area contributed by atoms with Crippen molar-refractivity contribution >= 4 is 61.8 Å². The number of nitrogens with zero attached hydrogens (tertiary/aromatic N) is 5. The van der Waals surface area contributed by atoms with Gasteiger partial charge in [0.05, 0.1) is 33.8 Å². The van der Waals surface area contributed by atoms with E-state index in [1.165, 1.54) is 28.1 Å². The fraction of sp³-hybridized carbons (Fsp3) is 0.345. The smallest absolute Gasteiger partial charge is 0.249 e. The van der Waals surface area contributed by atoms with Gasteiger partial charge in [0.15, 0.2) is 0 Å². The SMILES string of the molecule is CC(=O)N1CC(=O)N(Cc2cc3nccc(-c4cc(Cl)cc5ccn(CC6(C#N)CCNCC6)c45)c3s2)C(=O)C1. The number of benzene rings is 1. The Morgan fingerprint density at radius 3 is 2.60 bits per heavy atom. The van der Waals surface area contributed by atoms with Gasteiger partial charge >= 0.3 is 0 Å². The Morgan fingerprint density at radius 2 is 1.90 bits per heavy atom. The predicted octanol–water partition coefficient (Wildman–Crippen LogP) is 4.18. The molecule has 0 unspecified atom stereocenters. The largest absolute Gasteiger partial charge is 0.345 e. The summed E-state index contributed by atoms with van der Waals surface area (Å²) >= 11 is 8.07. The summed E-state index contributed by atoms with van der Waals surface area (Å²) < 4.78 is 3.09. The van der Waals surface area contributed by atoms with Crippen molar-refractivity contribution < 1.29 is 14.4 Å². The Bertz CT molecular complexity index is 1700. The van der Waals surface area contributed by atoms with E-state index in [4.69, 9.17) is 11.6 Å². The fourth-order valence-corrected chi connectivity index (χ4v) is 7.07. The van der Waals surface area contributed by atoms with Gasteiger partial charge in [0, 0.05) is 52.3 Å². The van der Waals surface area contributed by atoms with Crippen molar-refractivity contribution in [3.05, 3.63) is 52.6 Å². The number of aromatic nitrogens is 2. The number of piperidine rings is 1. The number of carbonyl (C=O) groups is 3. The first-order valence-electron chi connectivity index (χ1n) is 13.1. The summed E-state index contributed by atoms with van der Waals surface area (Å²) in [5.41, 5.74) is 3.22. The second-order valence-corrected chi connectivity index (χ2v) is 12.1. The zero-order valence-electron chi connectivity index (χ0n) is 21.9. The summed E-state index contributed by atoms with van der Waals surface area (Å²) in [6.45, 7) is 3.51. The first-order chi connectivity index (χ1) is 19.3. The number of carbonyl (C=O) groups excluding carboxylic acids is 3. The van der Waals surface area contributed by atoms with Crippen LogP contribution in [0.25, 0.3) is 32.2 Å². The molecule has 0 spiro atoms. The molecule has 2 aliphatic heterocycles. The molecule has 6 rings (SSSR count). The quantitative estimate of drug-likeness (QED) is 0.358. The number of hydrogen-bond acceptors (Lipinski definition) is 7. The van der Waals surface area contributed by atoms with Gasteiger partial charge in [-0.3, -0.25) is 24.3 Å². The van der Waals surface area contributed by atoms with Crippen molar-refractivity contribution in [2.75, 3.05) is 26.2 Å². The van der Waals surface area contributed by atoms with Crippen LogP contribution < -0.4 is 5.32 Å². The Morgan fingerprint density at radius 1 is 1.15 bits per heavy atom. The highest BCUT2D eigenvalue weighted by atomic mass is 35.5. The van der Waals surface area contributed by atoms with E-state index in [0.717, 1.165) is 63.1 Å². The number of imide groups is 1. The number of amides is 3. The first-order valence-corrected chi connectivity index (χ1v) is 14.3. The number of nitrogens with one attached hydrogen (secondary N) is 1. The van der Waals surface area contributed by atoms with E-state index in [9.17, 15) is 19.6 Å². The summed E-state index contributed by atoms with van der Waals surface area (Å²) in [5.74, 6) is -1.08. The third kappa shape index (κ3) is 4.74. The minimum Gasteiger partial charge on any atom is -0.345 e. The lowest BCUT2D eigenvalue weighted by Crippen LogP contribution is -2.54. The van der Waals surface area contributed by atoms with Gasteiger partial charge in [-0.2, -0.15) is 5.26 Å². The molecular formula is C29H27ClN6O3S. The number of rotatable bonds is 5. The van der Waals surface area contributed by atoms with Gasteiger partial charge in [0.1, 0.15) is 13.1 Å². The summed E-state index contributed by atoms with van der Waals surface area (Å²) in [7, 11) is 0. The van der Waals surface area contributed by atoms with Gasteiger partial charge in [-0.05, 0) is 56.3 Å². The molecule has 3 amide bonds. The van der Waals surface area contributed by atoms with Crippen molar-refractivity contribution in [3.8, 4) is 17.2 Å². The molecular weight excluding hydrogens is 548 g/mol. The number of nitriles is 1. The van der Waals surface area contributed by atoms with E-state index < -0.39 is 17.2 Å². The number of piperazine rings is 1. The number of hydrogen-bond donors (Lipinski definition) is 1. The number of halogens is 1. The summed E-state index contributed by atoms with van der Waals surface area (Å²) in [4.78, 5) is 44.9. The van der Waals surface area contributed by atoms with Gasteiger partial charge in [-0.1, -0.05) is 11.6 Å². The van der Waals surface area contributed by atoms with Crippen molar-refractivity contribution in [2.45, 2.75) is 32.9 Å². The third-order valence-electron chi connectivity index (χ3n) is 7.86. The lowest BCUT2D eigenvalue weighted by molar-refractivity contribution is -0.156. The maximum Gasteiger partial charge on any atom is 0.249 e. The lowest BCUT2D eigenvalue weighted by atomic mass is 9.80. The van der Waals surface area contributed by atoms with E-state index in [1.54, 1.807) is 6.20 Å². The average molecular weight is 575 g/mol. The van der Waals surface area contributed by atoms with Crippen molar-refractivity contribution in [1.29, 1.82) is 5.26 Å². The Hall–Kier alpha value is -3.78. The molecule has 5 heterocycles. The van der Waals surface area contributed by atoms with Crippen LogP contribution in [-0.2, 0) is 27.5 Å². The Labute approximate surface area is 239 Å². The standard InChI is InChI=1S/C29H27ClN6O3S/c1-18(37)35-14-25(38)36(26(39)15-35)13-21-12-24-28(40-21)22(2-6-33-24)23-11-20(30)10-19-3-9-34(27(19)23)17-29(16-31)4-7-32-8-5-29/h2-3,6,9-12,32H,4-5,7-8,13-15,17H2,1H3. The van der Waals surface area contributed by atoms with Crippen LogP contribution in [0.1, 0.15) is 24.6 Å². The van der Waals surface area contributed by atoms with Crippen LogP contribution in [0.15, 0.2) is 42.7 Å². The molecule has 9 nitrogen and oxygen atoms in total. The van der Waals surface area contributed by atoms with E-state index >= 15 is 0 Å². The Kier molecular flexibility index (Phi) is 6.82. The highest BCUT2D eigenvalue weighted by Crippen LogP contribution is 2.41. The minimum absolute atomic E-state index is 0.104. The van der Waals surface area contributed by atoms with Gasteiger partial charge in [-0.25, -0.2) is 0 Å². The normalized spacial score (nSPS) is 17.5. The molecule has 0 radical (unpaired) electrons. The van der Waals surface area contributed by atoms with Crippen LogP contribution in [0.5, 0.6) is 0 Å². The van der Waals surface area contributed by atoms with Crippen molar-refractivity contribution in [3.63, 3.8) is 0 Å². The monoisotopic (exact) mass is 574 g/mol. The van der Waals surface area contributed by atoms with E-state index in [2.05, 4.69) is 20.9 Å². The molecule has 3 aromatic heterocycles. The fourth-order valence-electron chi connectivity index (χ4n) is 5.71. The first kappa shape index (κ1) is 26.4. The van der Waals surface area contributed by atoms with Gasteiger partial charge in [0.2, 0.25) is 17.7 Å². The number of fused-ring (bicyclic) bond motifs is 2. The molecule has 1 N–H and O–H groups in total. The van der Waals surface area contributed by atoms with Crippen LogP contribution in [0.3, 0.4) is 0 Å². The lowest BCUT2D eigenvalue weighted by Gasteiger charge is -2.32. The maximum absolute atomic E-state index is 12.7. The van der Waals surface area contributed by atoms with Crippen LogP contribution in [0.2, 0.25) is 5.02 Å². The highest BCUT2D eigenvalue weighted by molar-refractivity contribution is 7.19. The summed E-state index contributed by atoms with van der Waals surface area (Å²) in [6, 6.07) is 12.4. The average Bonchev–Trinajstić information content (AvgIpc) is 3.54. The highest BCUT2D eigenvalue weighted by Gasteiger charge is 2.34. The second kappa shape index (κ2) is 10.3. The van der Waals surface area contributed by atoms with Gasteiger partial charge in [0.25, 0.3) is 0 Å². The van der Waals surface area contributed by atoms with E-state index in [0.29, 0.717) is 11.6 Å². The minimum atomic E-state index is -0.441. The predicted molar refractivity (Wildman–Crippen MR) is 154 cm³/mol. The molecule has 40 heavy (non-hydrogen) atoms. The molecule has 1 aromatic carbocycles. The molecule has 4 aromatic rings. The summed E-state index contributed by atoms with van der Waals surface area (Å²) in [6.07, 6.45) is 5.36. The number of pyridine rings is 1. The molecule has 0 saturated carbocycles. The summed E-state index contributed by atoms with van der Waals surface area (Å²) in [5, 5.41) is 15.1. The molecule has 2 fully saturated rings. The van der Waals surface area contributed by atoms with Gasteiger partial charge < -0.3 is 14.8 Å². The molecule has 0 atom stereocenters. The Balaban J connectivity index is 1.39. The van der Waals surface area contributed by atoms with E-state index in [1.807, 2.05) is 36.5 Å². The molecule has 2 aliphatic rings. The van der Waals surface area contributed by atoms with Crippen LogP contribution in [0.4, 0.5) is 0 Å². The van der Waals surface area contributed by atoms with Crippen LogP contribution in [0, 0.1) is 16.7 Å². The number of thiophene rings is 1. The molecule has 204 valence electrons. The topological polar surface area (TPSA) is 111 Å². The second-order valence-electron chi connectivity index (χ2n) is 10.5. The van der Waals surface area contributed by atoms with Gasteiger partial charge in [-0.15, -0.1) is 11.3 Å². The van der Waals surface area contributed by atoms with Crippen LogP contribution in [-0.4, -0.2) is 63.3 Å². The van der Waals surface area contributed by atoms with Crippen molar-refractivity contribution in [1.82, 2.24) is 24.7 Å². The molecule has 0 aliphatic carbocycles.